The van der Waals surface area contributed by atoms with Crippen molar-refractivity contribution in [2.75, 3.05) is 39.8 Å². The fraction of sp³-hybridized carbons (Fsp3) is 0.375. The number of nitrogens with zero attached hydrogens (tertiary/aromatic N) is 2. The number of likely N-dealkylation sites (N-methyl/N-ethyl adjacent to an activating group) is 1. The van der Waals surface area contributed by atoms with Gasteiger partial charge in [-0.05, 0) is 31.7 Å². The molecule has 0 radical (unpaired) electrons. The van der Waals surface area contributed by atoms with Crippen molar-refractivity contribution in [3.8, 4) is 22.6 Å². The third kappa shape index (κ3) is 3.68. The highest BCUT2D eigenvalue weighted by Gasteiger charge is 2.22. The van der Waals surface area contributed by atoms with Crippen molar-refractivity contribution >= 4 is 11.0 Å². The summed E-state index contributed by atoms with van der Waals surface area (Å²) in [5, 5.41) is 11.0. The lowest BCUT2D eigenvalue weighted by atomic mass is 10.00. The topological polar surface area (TPSA) is 66.2 Å². The molecule has 1 saturated heterocycles. The van der Waals surface area contributed by atoms with Crippen LogP contribution in [0.5, 0.6) is 11.5 Å². The number of aromatic hydroxyl groups is 1. The molecular weight excluding hydrogens is 380 g/mol. The van der Waals surface area contributed by atoms with Crippen LogP contribution in [0.2, 0.25) is 0 Å². The first-order valence-electron chi connectivity index (χ1n) is 10.4. The van der Waals surface area contributed by atoms with E-state index in [-0.39, 0.29) is 11.2 Å². The fourth-order valence-corrected chi connectivity index (χ4v) is 4.21. The third-order valence-corrected chi connectivity index (χ3v) is 5.98. The highest BCUT2D eigenvalue weighted by Crippen LogP contribution is 2.34. The Morgan fingerprint density at radius 2 is 1.77 bits per heavy atom. The van der Waals surface area contributed by atoms with E-state index >= 15 is 0 Å². The lowest BCUT2D eigenvalue weighted by molar-refractivity contribution is 0.131. The van der Waals surface area contributed by atoms with Crippen molar-refractivity contribution < 1.29 is 14.3 Å². The molecule has 1 fully saturated rings. The first-order valence-corrected chi connectivity index (χ1v) is 10.4. The molecule has 6 nitrogen and oxygen atoms in total. The Bertz CT molecular complexity index is 1110. The van der Waals surface area contributed by atoms with Crippen molar-refractivity contribution in [1.29, 1.82) is 0 Å². The zero-order valence-electron chi connectivity index (χ0n) is 17.8. The maximum Gasteiger partial charge on any atom is 0.200 e. The quantitative estimate of drug-likeness (QED) is 0.696. The first-order chi connectivity index (χ1) is 14.5. The summed E-state index contributed by atoms with van der Waals surface area (Å²) in [6.07, 6.45) is 0. The van der Waals surface area contributed by atoms with E-state index < -0.39 is 0 Å². The van der Waals surface area contributed by atoms with E-state index in [1.165, 1.54) is 0 Å². The van der Waals surface area contributed by atoms with Crippen LogP contribution in [0, 0.1) is 6.92 Å². The van der Waals surface area contributed by atoms with Crippen LogP contribution < -0.4 is 10.2 Å². The van der Waals surface area contributed by atoms with Gasteiger partial charge in [-0.2, -0.15) is 0 Å². The molecule has 1 aliphatic rings. The second-order valence-corrected chi connectivity index (χ2v) is 7.71. The van der Waals surface area contributed by atoms with Gasteiger partial charge in [0.1, 0.15) is 22.8 Å². The third-order valence-electron chi connectivity index (χ3n) is 5.98. The maximum atomic E-state index is 13.4. The van der Waals surface area contributed by atoms with Crippen LogP contribution in [-0.4, -0.2) is 54.7 Å². The van der Waals surface area contributed by atoms with Crippen LogP contribution in [0.1, 0.15) is 18.2 Å². The number of hydrogen-bond donors (Lipinski definition) is 1. The second-order valence-electron chi connectivity index (χ2n) is 7.71. The molecule has 2 heterocycles. The summed E-state index contributed by atoms with van der Waals surface area (Å²) in [6, 6.07) is 10.7. The summed E-state index contributed by atoms with van der Waals surface area (Å²) >= 11 is 0. The number of para-hydroxylation sites is 1. The van der Waals surface area contributed by atoms with Gasteiger partial charge in [-0.3, -0.25) is 9.69 Å². The van der Waals surface area contributed by atoms with E-state index in [0.717, 1.165) is 32.7 Å². The molecule has 0 spiro atoms. The normalized spacial score (nSPS) is 15.6. The van der Waals surface area contributed by atoms with Gasteiger partial charge in [-0.15, -0.1) is 0 Å². The number of piperazine rings is 1. The predicted molar refractivity (Wildman–Crippen MR) is 118 cm³/mol. The van der Waals surface area contributed by atoms with E-state index in [0.29, 0.717) is 45.7 Å². The number of fused-ring (bicyclic) bond motifs is 1. The number of aryl methyl sites for hydroxylation is 1. The highest BCUT2D eigenvalue weighted by molar-refractivity contribution is 5.87. The maximum absolute atomic E-state index is 13.4. The lowest BCUT2D eigenvalue weighted by Crippen LogP contribution is -2.45. The minimum Gasteiger partial charge on any atom is -0.507 e. The number of benzene rings is 2. The van der Waals surface area contributed by atoms with Gasteiger partial charge in [-0.25, -0.2) is 0 Å². The Hall–Kier alpha value is -2.83. The van der Waals surface area contributed by atoms with Gasteiger partial charge in [0, 0.05) is 38.3 Å². The highest BCUT2D eigenvalue weighted by atomic mass is 16.5. The molecule has 30 heavy (non-hydrogen) atoms. The molecule has 4 rings (SSSR count). The Kier molecular flexibility index (Phi) is 5.79. The Morgan fingerprint density at radius 3 is 2.47 bits per heavy atom. The smallest absolute Gasteiger partial charge is 0.200 e. The van der Waals surface area contributed by atoms with Crippen LogP contribution in [0.15, 0.2) is 45.6 Å². The molecule has 1 aliphatic heterocycles. The van der Waals surface area contributed by atoms with Crippen molar-refractivity contribution in [2.24, 2.45) is 0 Å². The number of phenolic OH excluding ortho intramolecular Hbond substituents is 1. The van der Waals surface area contributed by atoms with Crippen molar-refractivity contribution in [3.63, 3.8) is 0 Å². The molecule has 1 aromatic heterocycles. The van der Waals surface area contributed by atoms with Gasteiger partial charge in [-0.1, -0.05) is 25.1 Å². The van der Waals surface area contributed by atoms with Gasteiger partial charge in [0.25, 0.3) is 0 Å². The number of phenols is 1. The van der Waals surface area contributed by atoms with Gasteiger partial charge in [0.2, 0.25) is 5.43 Å². The molecule has 0 atom stereocenters. The van der Waals surface area contributed by atoms with Crippen LogP contribution in [0.25, 0.3) is 22.1 Å². The molecule has 6 heteroatoms. The zero-order valence-corrected chi connectivity index (χ0v) is 17.8. The summed E-state index contributed by atoms with van der Waals surface area (Å²) in [6.45, 7) is 9.41. The van der Waals surface area contributed by atoms with Gasteiger partial charge in [0.05, 0.1) is 23.6 Å². The van der Waals surface area contributed by atoms with Crippen molar-refractivity contribution in [2.45, 2.75) is 20.4 Å². The number of rotatable bonds is 5. The van der Waals surface area contributed by atoms with Crippen LogP contribution in [0.3, 0.4) is 0 Å². The number of hydrogen-bond acceptors (Lipinski definition) is 6. The summed E-state index contributed by atoms with van der Waals surface area (Å²) in [5.74, 6) is 1.30. The largest absolute Gasteiger partial charge is 0.507 e. The predicted octanol–water partition coefficient (Wildman–Crippen LogP) is 3.62. The molecule has 0 saturated carbocycles. The Morgan fingerprint density at radius 1 is 1.07 bits per heavy atom. The summed E-state index contributed by atoms with van der Waals surface area (Å²) < 4.78 is 11.6. The van der Waals surface area contributed by atoms with Gasteiger partial charge in [0.15, 0.2) is 0 Å². The average molecular weight is 408 g/mol. The van der Waals surface area contributed by atoms with E-state index in [9.17, 15) is 9.90 Å². The van der Waals surface area contributed by atoms with E-state index in [1.54, 1.807) is 26.2 Å². The molecule has 3 aromatic rings. The summed E-state index contributed by atoms with van der Waals surface area (Å²) in [7, 11) is 1.59. The molecule has 0 bridgehead atoms. The monoisotopic (exact) mass is 408 g/mol. The van der Waals surface area contributed by atoms with E-state index in [1.807, 2.05) is 24.3 Å². The van der Waals surface area contributed by atoms with E-state index in [4.69, 9.17) is 9.15 Å². The zero-order chi connectivity index (χ0) is 21.3. The summed E-state index contributed by atoms with van der Waals surface area (Å²) in [4.78, 5) is 18.1. The van der Waals surface area contributed by atoms with Crippen LogP contribution >= 0.6 is 0 Å². The minimum atomic E-state index is -0.115. The van der Waals surface area contributed by atoms with Crippen molar-refractivity contribution in [1.82, 2.24) is 9.80 Å². The van der Waals surface area contributed by atoms with E-state index in [2.05, 4.69) is 16.7 Å². The lowest BCUT2D eigenvalue weighted by Gasteiger charge is -2.34. The second kappa shape index (κ2) is 8.50. The molecular formula is C24H28N2O4. The Labute approximate surface area is 176 Å². The SMILES string of the molecule is CCN1CCN(Cc2c(O)ccc3c(=O)c(-c4ccccc4OC)c(C)oc23)CC1. The van der Waals surface area contributed by atoms with Gasteiger partial charge >= 0.3 is 0 Å². The van der Waals surface area contributed by atoms with Crippen LogP contribution in [0.4, 0.5) is 0 Å². The Balaban J connectivity index is 1.79. The molecule has 0 aliphatic carbocycles. The molecule has 0 amide bonds. The molecule has 158 valence electrons. The average Bonchev–Trinajstić information content (AvgIpc) is 2.76. The summed E-state index contributed by atoms with van der Waals surface area (Å²) in [5.41, 5.74) is 2.22. The van der Waals surface area contributed by atoms with Gasteiger partial charge < -0.3 is 19.2 Å². The van der Waals surface area contributed by atoms with Crippen molar-refractivity contribution in [3.05, 3.63) is 57.9 Å². The molecule has 0 unspecified atom stereocenters. The minimum absolute atomic E-state index is 0.115. The van der Waals surface area contributed by atoms with Crippen LogP contribution in [-0.2, 0) is 6.54 Å². The molecule has 1 N–H and O–H groups in total. The number of methoxy groups -OCH3 is 1. The first kappa shape index (κ1) is 20.4. The fourth-order valence-electron chi connectivity index (χ4n) is 4.21. The molecule has 2 aromatic carbocycles. The number of ether oxygens (including phenoxy) is 1. The standard InChI is InChI=1S/C24H28N2O4/c1-4-25-11-13-26(14-12-25)15-19-20(27)10-9-18-23(28)22(16(2)30-24(18)19)17-7-5-6-8-21(17)29-3/h5-10,27H,4,11-15H2,1-3H3.